The van der Waals surface area contributed by atoms with Gasteiger partial charge in [-0.25, -0.2) is 4.79 Å². The predicted molar refractivity (Wildman–Crippen MR) is 75.7 cm³/mol. The SMILES string of the molecule is C[C@@H](C(=O)O)N1CCN(C(=O)OC(C)(C)C)C(C)(C)C1. The number of carboxylic acids is 1. The van der Waals surface area contributed by atoms with Gasteiger partial charge in [0.25, 0.3) is 0 Å². The fraction of sp³-hybridized carbons (Fsp3) is 0.857. The van der Waals surface area contributed by atoms with E-state index in [1.807, 2.05) is 39.5 Å². The van der Waals surface area contributed by atoms with Crippen LogP contribution >= 0.6 is 0 Å². The maximum atomic E-state index is 12.2. The standard InChI is InChI=1S/C14H26N2O4/c1-10(11(17)18)15-7-8-16(14(5,6)9-15)12(19)20-13(2,3)4/h10H,7-9H2,1-6H3,(H,17,18)/t10-/m0/s1. The number of carbonyl (C=O) groups excluding carboxylic acids is 1. The van der Waals surface area contributed by atoms with Crippen molar-refractivity contribution in [2.75, 3.05) is 19.6 Å². The average Bonchev–Trinajstić information content (AvgIpc) is 2.23. The van der Waals surface area contributed by atoms with Crippen LogP contribution in [0.2, 0.25) is 0 Å². The van der Waals surface area contributed by atoms with Gasteiger partial charge in [0.15, 0.2) is 0 Å². The van der Waals surface area contributed by atoms with E-state index in [1.54, 1.807) is 11.8 Å². The highest BCUT2D eigenvalue weighted by Crippen LogP contribution is 2.24. The number of ether oxygens (including phenoxy) is 1. The Hall–Kier alpha value is -1.30. The van der Waals surface area contributed by atoms with Crippen molar-refractivity contribution in [2.24, 2.45) is 0 Å². The summed E-state index contributed by atoms with van der Waals surface area (Å²) >= 11 is 0. The van der Waals surface area contributed by atoms with Crippen molar-refractivity contribution < 1.29 is 19.4 Å². The summed E-state index contributed by atoms with van der Waals surface area (Å²) in [5.41, 5.74) is -0.983. The average molecular weight is 286 g/mol. The molecule has 1 rings (SSSR count). The first-order chi connectivity index (χ1) is 8.94. The number of amides is 1. The molecule has 1 fully saturated rings. The van der Waals surface area contributed by atoms with Gasteiger partial charge in [0.05, 0.1) is 5.54 Å². The normalized spacial score (nSPS) is 21.4. The number of rotatable bonds is 2. The first-order valence-electron chi connectivity index (χ1n) is 6.91. The van der Waals surface area contributed by atoms with Crippen molar-refractivity contribution in [1.29, 1.82) is 0 Å². The fourth-order valence-corrected chi connectivity index (χ4v) is 2.33. The number of aliphatic carboxylic acids is 1. The summed E-state index contributed by atoms with van der Waals surface area (Å²) in [5.74, 6) is -0.841. The molecular weight excluding hydrogens is 260 g/mol. The molecule has 1 N–H and O–H groups in total. The molecule has 0 radical (unpaired) electrons. The van der Waals surface area contributed by atoms with Gasteiger partial charge in [-0.2, -0.15) is 0 Å². The van der Waals surface area contributed by atoms with Crippen LogP contribution in [-0.2, 0) is 9.53 Å². The van der Waals surface area contributed by atoms with Gasteiger partial charge in [0.1, 0.15) is 11.6 Å². The highest BCUT2D eigenvalue weighted by atomic mass is 16.6. The molecule has 0 saturated carbocycles. The van der Waals surface area contributed by atoms with Crippen LogP contribution in [0, 0.1) is 0 Å². The molecule has 6 heteroatoms. The summed E-state index contributed by atoms with van der Waals surface area (Å²) in [6.07, 6.45) is -0.342. The Labute approximate surface area is 120 Å². The van der Waals surface area contributed by atoms with Crippen LogP contribution in [0.1, 0.15) is 41.5 Å². The Morgan fingerprint density at radius 1 is 1.25 bits per heavy atom. The number of carbonyl (C=O) groups is 2. The summed E-state index contributed by atoms with van der Waals surface area (Å²) in [4.78, 5) is 26.8. The van der Waals surface area contributed by atoms with Crippen molar-refractivity contribution in [1.82, 2.24) is 9.80 Å². The van der Waals surface area contributed by atoms with E-state index in [0.29, 0.717) is 19.6 Å². The van der Waals surface area contributed by atoms with Gasteiger partial charge in [-0.15, -0.1) is 0 Å². The molecule has 20 heavy (non-hydrogen) atoms. The monoisotopic (exact) mass is 286 g/mol. The topological polar surface area (TPSA) is 70.1 Å². The third kappa shape index (κ3) is 4.10. The lowest BCUT2D eigenvalue weighted by Crippen LogP contribution is -2.63. The largest absolute Gasteiger partial charge is 0.480 e. The number of hydrogen-bond acceptors (Lipinski definition) is 4. The smallest absolute Gasteiger partial charge is 0.410 e. The van der Waals surface area contributed by atoms with Crippen molar-refractivity contribution >= 4 is 12.1 Å². The van der Waals surface area contributed by atoms with E-state index >= 15 is 0 Å². The molecule has 1 heterocycles. The summed E-state index contributed by atoms with van der Waals surface area (Å²) in [5, 5.41) is 9.09. The molecule has 1 amide bonds. The molecule has 6 nitrogen and oxygen atoms in total. The Balaban J connectivity index is 2.76. The van der Waals surface area contributed by atoms with Gasteiger partial charge in [-0.05, 0) is 41.5 Å². The first-order valence-corrected chi connectivity index (χ1v) is 6.91. The molecule has 0 spiro atoms. The zero-order valence-corrected chi connectivity index (χ0v) is 13.3. The lowest BCUT2D eigenvalue weighted by Gasteiger charge is -2.47. The van der Waals surface area contributed by atoms with Gasteiger partial charge < -0.3 is 14.7 Å². The molecule has 0 bridgehead atoms. The van der Waals surface area contributed by atoms with Gasteiger partial charge >= 0.3 is 12.1 Å². The predicted octanol–water partition coefficient (Wildman–Crippen LogP) is 1.79. The van der Waals surface area contributed by atoms with Gasteiger partial charge in [0, 0.05) is 19.6 Å². The van der Waals surface area contributed by atoms with Crippen LogP contribution in [0.4, 0.5) is 4.79 Å². The number of piperazine rings is 1. The van der Waals surface area contributed by atoms with Crippen LogP contribution in [0.25, 0.3) is 0 Å². The third-order valence-corrected chi connectivity index (χ3v) is 3.45. The minimum Gasteiger partial charge on any atom is -0.480 e. The Morgan fingerprint density at radius 2 is 1.80 bits per heavy atom. The third-order valence-electron chi connectivity index (χ3n) is 3.45. The fourth-order valence-electron chi connectivity index (χ4n) is 2.33. The Morgan fingerprint density at radius 3 is 2.20 bits per heavy atom. The minimum absolute atomic E-state index is 0.342. The quantitative estimate of drug-likeness (QED) is 0.838. The van der Waals surface area contributed by atoms with Crippen LogP contribution < -0.4 is 0 Å². The molecule has 1 aliphatic heterocycles. The summed E-state index contributed by atoms with van der Waals surface area (Å²) in [6.45, 7) is 12.5. The summed E-state index contributed by atoms with van der Waals surface area (Å²) in [7, 11) is 0. The minimum atomic E-state index is -0.841. The molecule has 116 valence electrons. The molecule has 0 aromatic rings. The molecule has 1 atom stereocenters. The second-order valence-electron chi connectivity index (χ2n) is 6.93. The van der Waals surface area contributed by atoms with E-state index in [0.717, 1.165) is 0 Å². The van der Waals surface area contributed by atoms with Crippen LogP contribution in [0.3, 0.4) is 0 Å². The number of carboxylic acid groups (broad SMARTS) is 1. The van der Waals surface area contributed by atoms with Crippen LogP contribution in [0.15, 0.2) is 0 Å². The highest BCUT2D eigenvalue weighted by molar-refractivity contribution is 5.73. The lowest BCUT2D eigenvalue weighted by atomic mass is 9.98. The molecular formula is C14H26N2O4. The maximum Gasteiger partial charge on any atom is 0.410 e. The van der Waals surface area contributed by atoms with Crippen molar-refractivity contribution in [2.45, 2.75) is 58.7 Å². The molecule has 0 unspecified atom stereocenters. The van der Waals surface area contributed by atoms with Crippen LogP contribution in [-0.4, -0.2) is 63.8 Å². The number of hydrogen-bond donors (Lipinski definition) is 1. The van der Waals surface area contributed by atoms with E-state index in [1.165, 1.54) is 0 Å². The summed E-state index contributed by atoms with van der Waals surface area (Å²) < 4.78 is 5.41. The van der Waals surface area contributed by atoms with E-state index in [4.69, 9.17) is 9.84 Å². The number of nitrogens with zero attached hydrogens (tertiary/aromatic N) is 2. The maximum absolute atomic E-state index is 12.2. The van der Waals surface area contributed by atoms with Crippen molar-refractivity contribution in [3.8, 4) is 0 Å². The van der Waals surface area contributed by atoms with E-state index in [2.05, 4.69) is 0 Å². The van der Waals surface area contributed by atoms with Gasteiger partial charge in [-0.1, -0.05) is 0 Å². The molecule has 0 aliphatic carbocycles. The van der Waals surface area contributed by atoms with E-state index < -0.39 is 23.2 Å². The molecule has 0 aromatic heterocycles. The molecule has 0 aromatic carbocycles. The summed E-state index contributed by atoms with van der Waals surface area (Å²) in [6, 6.07) is -0.546. The lowest BCUT2D eigenvalue weighted by molar-refractivity contribution is -0.144. The van der Waals surface area contributed by atoms with E-state index in [-0.39, 0.29) is 6.09 Å². The second kappa shape index (κ2) is 5.60. The van der Waals surface area contributed by atoms with Crippen molar-refractivity contribution in [3.05, 3.63) is 0 Å². The zero-order valence-electron chi connectivity index (χ0n) is 13.3. The highest BCUT2D eigenvalue weighted by Gasteiger charge is 2.40. The van der Waals surface area contributed by atoms with Crippen molar-refractivity contribution in [3.63, 3.8) is 0 Å². The van der Waals surface area contributed by atoms with Gasteiger partial charge in [0.2, 0.25) is 0 Å². The first kappa shape index (κ1) is 16.8. The Bertz CT molecular complexity index is 387. The van der Waals surface area contributed by atoms with Gasteiger partial charge in [-0.3, -0.25) is 9.69 Å². The second-order valence-corrected chi connectivity index (χ2v) is 6.93. The van der Waals surface area contributed by atoms with E-state index in [9.17, 15) is 9.59 Å². The zero-order chi connectivity index (χ0) is 15.7. The Kier molecular flexibility index (Phi) is 4.69. The molecule has 1 saturated heterocycles. The molecule has 1 aliphatic rings. The van der Waals surface area contributed by atoms with Crippen LogP contribution in [0.5, 0.6) is 0 Å².